The highest BCUT2D eigenvalue weighted by Crippen LogP contribution is 2.37. The average molecular weight is 833 g/mol. The minimum absolute atomic E-state index is 0.0437. The maximum absolute atomic E-state index is 11.7. The topological polar surface area (TPSA) is 84.8 Å². The molecular formula is C51H64O8Si. The van der Waals surface area contributed by atoms with Gasteiger partial charge in [-0.3, -0.25) is 0 Å². The molecule has 0 amide bonds. The number of unbranched alkanes of at least 4 members (excludes halogenated alkanes) is 2. The van der Waals surface area contributed by atoms with E-state index >= 15 is 0 Å². The highest BCUT2D eigenvalue weighted by molar-refractivity contribution is 6.99. The third kappa shape index (κ3) is 13.0. The van der Waals surface area contributed by atoms with Gasteiger partial charge in [0.15, 0.2) is 6.29 Å². The van der Waals surface area contributed by atoms with E-state index in [9.17, 15) is 5.11 Å². The van der Waals surface area contributed by atoms with Gasteiger partial charge in [0.05, 0.1) is 26.4 Å². The third-order valence-electron chi connectivity index (χ3n) is 11.0. The van der Waals surface area contributed by atoms with E-state index in [1.807, 2.05) is 91.0 Å². The van der Waals surface area contributed by atoms with Crippen LogP contribution in [-0.2, 0) is 52.7 Å². The van der Waals surface area contributed by atoms with Crippen LogP contribution in [0.15, 0.2) is 152 Å². The summed E-state index contributed by atoms with van der Waals surface area (Å²) in [5.41, 5.74) is 3.08. The fraction of sp³-hybridized carbons (Fsp3) is 0.412. The maximum atomic E-state index is 11.7. The Morgan fingerprint density at radius 2 is 0.933 bits per heavy atom. The first kappa shape index (κ1) is 45.5. The highest BCUT2D eigenvalue weighted by Gasteiger charge is 2.50. The Morgan fingerprint density at radius 3 is 1.43 bits per heavy atom. The SMILES string of the molecule is CC(C)(C)[Si](OCCCCOCCCCO[C@@H]1O[C@H](COCc2ccccc2)[C@@H](OCc2ccccc2)[C@H](OCc2ccccc2)[C@@H]1O)(c1ccccc1)c1ccccc1. The zero-order valence-electron chi connectivity index (χ0n) is 35.6. The van der Waals surface area contributed by atoms with Crippen molar-refractivity contribution in [3.05, 3.63) is 168 Å². The van der Waals surface area contributed by atoms with Crippen molar-refractivity contribution in [2.45, 2.75) is 102 Å². The van der Waals surface area contributed by atoms with Gasteiger partial charge in [0.25, 0.3) is 8.32 Å². The maximum Gasteiger partial charge on any atom is 0.261 e. The van der Waals surface area contributed by atoms with E-state index in [1.165, 1.54) is 10.4 Å². The number of benzene rings is 5. The van der Waals surface area contributed by atoms with Gasteiger partial charge in [-0.05, 0) is 57.8 Å². The van der Waals surface area contributed by atoms with Crippen LogP contribution in [0, 0.1) is 0 Å². The number of ether oxygens (including phenoxy) is 6. The molecule has 0 saturated carbocycles. The Kier molecular flexibility index (Phi) is 18.1. The van der Waals surface area contributed by atoms with E-state index in [4.69, 9.17) is 32.8 Å². The van der Waals surface area contributed by atoms with Crippen molar-refractivity contribution < 1.29 is 38.0 Å². The quantitative estimate of drug-likeness (QED) is 0.0489. The molecule has 1 aliphatic heterocycles. The lowest BCUT2D eigenvalue weighted by Crippen LogP contribution is -2.66. The molecule has 8 nitrogen and oxygen atoms in total. The number of rotatable bonds is 24. The van der Waals surface area contributed by atoms with Crippen molar-refractivity contribution in [1.29, 1.82) is 0 Å². The molecule has 0 spiro atoms. The smallest absolute Gasteiger partial charge is 0.261 e. The fourth-order valence-electron chi connectivity index (χ4n) is 7.86. The van der Waals surface area contributed by atoms with E-state index in [-0.39, 0.29) is 11.6 Å². The van der Waals surface area contributed by atoms with Gasteiger partial charge in [0, 0.05) is 26.4 Å². The monoisotopic (exact) mass is 832 g/mol. The summed E-state index contributed by atoms with van der Waals surface area (Å²) in [4.78, 5) is 0. The fourth-order valence-corrected chi connectivity index (χ4v) is 12.5. The van der Waals surface area contributed by atoms with Gasteiger partial charge in [0.2, 0.25) is 0 Å². The van der Waals surface area contributed by atoms with Crippen LogP contribution in [0.4, 0.5) is 0 Å². The standard InChI is InChI=1S/C51H64O8Si/c1-51(2,3)60(44-29-15-7-16-30-44,45-31-17-8-18-32-45)58-36-22-20-34-53-33-19-21-35-55-50-47(52)49(57-39-43-27-13-6-14-28-43)48(56-38-42-25-11-5-12-26-42)46(59-50)40-54-37-41-23-9-4-10-24-41/h4-18,23-32,46-50,52H,19-22,33-40H2,1-3H3/t46-,47+,48-,49-,50-/m1/s1. The number of hydrogen-bond acceptors (Lipinski definition) is 8. The predicted molar refractivity (Wildman–Crippen MR) is 240 cm³/mol. The second-order valence-corrected chi connectivity index (χ2v) is 20.8. The second-order valence-electron chi connectivity index (χ2n) is 16.5. The van der Waals surface area contributed by atoms with Gasteiger partial charge in [-0.15, -0.1) is 0 Å². The lowest BCUT2D eigenvalue weighted by molar-refractivity contribution is -0.319. The summed E-state index contributed by atoms with van der Waals surface area (Å²) < 4.78 is 45.0. The molecule has 320 valence electrons. The van der Waals surface area contributed by atoms with Gasteiger partial charge in [-0.25, -0.2) is 0 Å². The zero-order chi connectivity index (χ0) is 41.9. The predicted octanol–water partition coefficient (Wildman–Crippen LogP) is 8.63. The molecule has 5 aromatic carbocycles. The summed E-state index contributed by atoms with van der Waals surface area (Å²) >= 11 is 0. The Morgan fingerprint density at radius 1 is 0.500 bits per heavy atom. The van der Waals surface area contributed by atoms with Crippen LogP contribution in [-0.4, -0.2) is 77.2 Å². The van der Waals surface area contributed by atoms with Crippen LogP contribution < -0.4 is 10.4 Å². The van der Waals surface area contributed by atoms with Crippen molar-refractivity contribution in [3.63, 3.8) is 0 Å². The molecule has 6 rings (SSSR count). The van der Waals surface area contributed by atoms with Crippen LogP contribution >= 0.6 is 0 Å². The van der Waals surface area contributed by atoms with Crippen molar-refractivity contribution in [2.75, 3.05) is 33.0 Å². The van der Waals surface area contributed by atoms with Crippen LogP contribution in [0.3, 0.4) is 0 Å². The number of aliphatic hydroxyl groups is 1. The molecule has 1 aliphatic rings. The van der Waals surface area contributed by atoms with Crippen molar-refractivity contribution in [1.82, 2.24) is 0 Å². The van der Waals surface area contributed by atoms with Gasteiger partial charge in [-0.2, -0.15) is 0 Å². The van der Waals surface area contributed by atoms with E-state index < -0.39 is 39.0 Å². The van der Waals surface area contributed by atoms with E-state index in [0.717, 1.165) is 42.4 Å². The van der Waals surface area contributed by atoms with E-state index in [1.54, 1.807) is 0 Å². The first-order valence-corrected chi connectivity index (χ1v) is 23.5. The van der Waals surface area contributed by atoms with E-state index in [2.05, 4.69) is 81.4 Å². The van der Waals surface area contributed by atoms with Gasteiger partial charge >= 0.3 is 0 Å². The Balaban J connectivity index is 0.985. The number of aliphatic hydroxyl groups excluding tert-OH is 1. The largest absolute Gasteiger partial charge is 0.407 e. The normalized spacial score (nSPS) is 19.6. The molecule has 0 unspecified atom stereocenters. The molecular weight excluding hydrogens is 769 g/mol. The second kappa shape index (κ2) is 23.8. The molecule has 0 radical (unpaired) electrons. The lowest BCUT2D eigenvalue weighted by atomic mass is 9.98. The summed E-state index contributed by atoms with van der Waals surface area (Å²) in [5, 5.41) is 14.3. The molecule has 0 aliphatic carbocycles. The first-order chi connectivity index (χ1) is 29.3. The first-order valence-electron chi connectivity index (χ1n) is 21.6. The molecule has 9 heteroatoms. The lowest BCUT2D eigenvalue weighted by Gasteiger charge is -2.44. The summed E-state index contributed by atoms with van der Waals surface area (Å²) in [6.07, 6.45) is -0.456. The summed E-state index contributed by atoms with van der Waals surface area (Å²) in [6, 6.07) is 51.5. The van der Waals surface area contributed by atoms with Gasteiger partial charge in [0.1, 0.15) is 24.4 Å². The van der Waals surface area contributed by atoms with Crippen LogP contribution in [0.5, 0.6) is 0 Å². The number of hydrogen-bond donors (Lipinski definition) is 1. The summed E-state index contributed by atoms with van der Waals surface area (Å²) in [5.74, 6) is 0. The third-order valence-corrected chi connectivity index (χ3v) is 16.0. The van der Waals surface area contributed by atoms with Crippen molar-refractivity contribution >= 4 is 18.7 Å². The minimum atomic E-state index is -2.54. The molecule has 5 atom stereocenters. The Bertz CT molecular complexity index is 1840. The van der Waals surface area contributed by atoms with Crippen LogP contribution in [0.1, 0.15) is 63.1 Å². The molecule has 0 bridgehead atoms. The summed E-state index contributed by atoms with van der Waals surface area (Å²) in [6.45, 7) is 10.6. The minimum Gasteiger partial charge on any atom is -0.407 e. The van der Waals surface area contributed by atoms with Crippen molar-refractivity contribution in [3.8, 4) is 0 Å². The molecule has 1 fully saturated rings. The van der Waals surface area contributed by atoms with E-state index in [0.29, 0.717) is 46.2 Å². The molecule has 1 N–H and O–H groups in total. The van der Waals surface area contributed by atoms with Crippen molar-refractivity contribution in [2.24, 2.45) is 0 Å². The molecule has 5 aromatic rings. The van der Waals surface area contributed by atoms with Crippen LogP contribution in [0.2, 0.25) is 5.04 Å². The zero-order valence-corrected chi connectivity index (χ0v) is 36.6. The Hall–Kier alpha value is -4.00. The molecule has 1 heterocycles. The average Bonchev–Trinajstić information content (AvgIpc) is 3.28. The molecule has 1 saturated heterocycles. The summed E-state index contributed by atoms with van der Waals surface area (Å²) in [7, 11) is -2.54. The molecule has 60 heavy (non-hydrogen) atoms. The highest BCUT2D eigenvalue weighted by atomic mass is 28.4. The molecule has 0 aromatic heterocycles. The van der Waals surface area contributed by atoms with Crippen LogP contribution in [0.25, 0.3) is 0 Å². The Labute approximate surface area is 358 Å². The van der Waals surface area contributed by atoms with Gasteiger partial charge in [-0.1, -0.05) is 172 Å². The van der Waals surface area contributed by atoms with Gasteiger partial charge < -0.3 is 38.0 Å².